The number of rotatable bonds is 0. The number of H-pyrrole nitrogens is 1. The van der Waals surface area contributed by atoms with Crippen molar-refractivity contribution in [3.8, 4) is 0 Å². The zero-order chi connectivity index (χ0) is 9.38. The van der Waals surface area contributed by atoms with Crippen molar-refractivity contribution in [3.63, 3.8) is 0 Å². The maximum absolute atomic E-state index is 3.26. The molecule has 1 heteroatoms. The van der Waals surface area contributed by atoms with E-state index in [1.165, 1.54) is 41.3 Å². The van der Waals surface area contributed by atoms with Crippen LogP contribution in [0.3, 0.4) is 0 Å². The molecule has 0 radical (unpaired) electrons. The molecule has 0 saturated heterocycles. The summed E-state index contributed by atoms with van der Waals surface area (Å²) >= 11 is 0. The van der Waals surface area contributed by atoms with Crippen molar-refractivity contribution in [2.45, 2.75) is 19.3 Å². The number of nitrogens with one attached hydrogen (secondary N) is 1. The van der Waals surface area contributed by atoms with Crippen LogP contribution in [0.15, 0.2) is 30.5 Å². The lowest BCUT2D eigenvalue weighted by molar-refractivity contribution is 0.852. The second-order valence-electron chi connectivity index (χ2n) is 3.87. The predicted octanol–water partition coefficient (Wildman–Crippen LogP) is 3.52. The molecule has 70 valence electrons. The Morgan fingerprint density at radius 3 is 3.14 bits per heavy atom. The van der Waals surface area contributed by atoms with Gasteiger partial charge >= 0.3 is 0 Å². The highest BCUT2D eigenvalue weighted by atomic mass is 14.7. The van der Waals surface area contributed by atoms with Crippen molar-refractivity contribution in [2.24, 2.45) is 0 Å². The molecule has 0 spiro atoms. The van der Waals surface area contributed by atoms with Crippen LogP contribution in [0.5, 0.6) is 0 Å². The van der Waals surface area contributed by atoms with Gasteiger partial charge in [0, 0.05) is 17.1 Å². The van der Waals surface area contributed by atoms with Crippen LogP contribution in [-0.4, -0.2) is 4.98 Å². The first-order valence-electron chi connectivity index (χ1n) is 5.21. The Bertz CT molecular complexity index is 491. The van der Waals surface area contributed by atoms with E-state index in [2.05, 4.69) is 35.3 Å². The average Bonchev–Trinajstić information content (AvgIpc) is 2.55. The van der Waals surface area contributed by atoms with Gasteiger partial charge in [-0.25, -0.2) is 0 Å². The first kappa shape index (κ1) is 7.86. The second kappa shape index (κ2) is 3.02. The molecule has 3 rings (SSSR count). The molecule has 0 unspecified atom stereocenters. The lowest BCUT2D eigenvalue weighted by atomic mass is 10.0. The Labute approximate surface area is 83.5 Å². The Morgan fingerprint density at radius 2 is 2.14 bits per heavy atom. The van der Waals surface area contributed by atoms with Crippen molar-refractivity contribution in [1.82, 2.24) is 4.98 Å². The molecule has 0 aliphatic heterocycles. The van der Waals surface area contributed by atoms with E-state index in [9.17, 15) is 0 Å². The molecule has 1 nitrogen and oxygen atoms in total. The minimum Gasteiger partial charge on any atom is -0.361 e. The molecular weight excluding hydrogens is 170 g/mol. The van der Waals surface area contributed by atoms with Gasteiger partial charge in [0.1, 0.15) is 0 Å². The number of fused-ring (bicyclic) bond motifs is 3. The predicted molar refractivity (Wildman–Crippen MR) is 60.3 cm³/mol. The molecule has 1 aromatic carbocycles. The van der Waals surface area contributed by atoms with Crippen molar-refractivity contribution < 1.29 is 0 Å². The number of aromatic nitrogens is 1. The highest BCUT2D eigenvalue weighted by Gasteiger charge is 2.07. The number of aromatic amines is 1. The summed E-state index contributed by atoms with van der Waals surface area (Å²) in [5.74, 6) is 0. The standard InChI is InChI=1S/C13H13N/c1-2-4-10-6-7-13-12(8-9-14-13)11(10)5-3-1/h3,5-9,14H,1-2,4H2. The molecule has 0 bridgehead atoms. The first-order chi connectivity index (χ1) is 6.95. The van der Waals surface area contributed by atoms with Crippen LogP contribution in [0, 0.1) is 0 Å². The van der Waals surface area contributed by atoms with E-state index in [-0.39, 0.29) is 0 Å². The Morgan fingerprint density at radius 1 is 1.14 bits per heavy atom. The van der Waals surface area contributed by atoms with Gasteiger partial charge in [-0.3, -0.25) is 0 Å². The van der Waals surface area contributed by atoms with Crippen LogP contribution in [-0.2, 0) is 6.42 Å². The molecule has 2 aromatic rings. The third-order valence-corrected chi connectivity index (χ3v) is 2.97. The Kier molecular flexibility index (Phi) is 1.69. The minimum atomic E-state index is 1.21. The van der Waals surface area contributed by atoms with E-state index in [0.717, 1.165) is 0 Å². The van der Waals surface area contributed by atoms with Gasteiger partial charge in [0.2, 0.25) is 0 Å². The van der Waals surface area contributed by atoms with Crippen LogP contribution < -0.4 is 0 Å². The lowest BCUT2D eigenvalue weighted by Crippen LogP contribution is -1.87. The summed E-state index contributed by atoms with van der Waals surface area (Å²) in [5, 5.41) is 1.36. The summed E-state index contributed by atoms with van der Waals surface area (Å²) in [6.07, 6.45) is 10.3. The van der Waals surface area contributed by atoms with Gasteiger partial charge in [0.05, 0.1) is 0 Å². The molecule has 1 N–H and O–H groups in total. The molecule has 0 fully saturated rings. The highest BCUT2D eigenvalue weighted by molar-refractivity contribution is 5.90. The first-order valence-corrected chi connectivity index (χ1v) is 5.21. The van der Waals surface area contributed by atoms with Crippen molar-refractivity contribution in [2.75, 3.05) is 0 Å². The smallest absolute Gasteiger partial charge is 0.0460 e. The summed E-state index contributed by atoms with van der Waals surface area (Å²) in [5.41, 5.74) is 4.16. The number of hydrogen-bond donors (Lipinski definition) is 1. The largest absolute Gasteiger partial charge is 0.361 e. The normalized spacial score (nSPS) is 15.4. The minimum absolute atomic E-state index is 1.21. The van der Waals surface area contributed by atoms with Crippen LogP contribution in [0.2, 0.25) is 0 Å². The van der Waals surface area contributed by atoms with E-state index in [1.54, 1.807) is 0 Å². The lowest BCUT2D eigenvalue weighted by Gasteiger charge is -2.04. The highest BCUT2D eigenvalue weighted by Crippen LogP contribution is 2.26. The van der Waals surface area contributed by atoms with Crippen molar-refractivity contribution in [1.29, 1.82) is 0 Å². The Balaban J connectivity index is 2.35. The fourth-order valence-corrected chi connectivity index (χ4v) is 2.23. The van der Waals surface area contributed by atoms with E-state index < -0.39 is 0 Å². The molecule has 0 amide bonds. The quantitative estimate of drug-likeness (QED) is 0.643. The topological polar surface area (TPSA) is 15.8 Å². The molecule has 1 aromatic heterocycles. The van der Waals surface area contributed by atoms with Crippen molar-refractivity contribution in [3.05, 3.63) is 41.6 Å². The van der Waals surface area contributed by atoms with E-state index in [4.69, 9.17) is 0 Å². The van der Waals surface area contributed by atoms with E-state index >= 15 is 0 Å². The summed E-state index contributed by atoms with van der Waals surface area (Å²) in [4.78, 5) is 3.26. The van der Waals surface area contributed by atoms with Gasteiger partial charge in [0.15, 0.2) is 0 Å². The summed E-state index contributed by atoms with van der Waals surface area (Å²) < 4.78 is 0. The SMILES string of the molecule is C1=Cc2c(ccc3[nH]ccc23)CCC1. The maximum Gasteiger partial charge on any atom is 0.0460 e. The van der Waals surface area contributed by atoms with E-state index in [1.807, 2.05) is 6.20 Å². The van der Waals surface area contributed by atoms with Gasteiger partial charge in [-0.2, -0.15) is 0 Å². The monoisotopic (exact) mass is 183 g/mol. The molecule has 1 aliphatic rings. The van der Waals surface area contributed by atoms with Crippen LogP contribution in [0.4, 0.5) is 0 Å². The zero-order valence-corrected chi connectivity index (χ0v) is 8.09. The van der Waals surface area contributed by atoms with Gasteiger partial charge in [-0.15, -0.1) is 0 Å². The fraction of sp³-hybridized carbons (Fsp3) is 0.231. The molecule has 0 saturated carbocycles. The third-order valence-electron chi connectivity index (χ3n) is 2.97. The number of allylic oxidation sites excluding steroid dienone is 1. The number of hydrogen-bond acceptors (Lipinski definition) is 0. The summed E-state index contributed by atoms with van der Waals surface area (Å²) in [6.45, 7) is 0. The third kappa shape index (κ3) is 1.09. The molecular formula is C13H13N. The molecule has 0 atom stereocenters. The van der Waals surface area contributed by atoms with Crippen LogP contribution in [0.25, 0.3) is 17.0 Å². The molecule has 1 heterocycles. The summed E-state index contributed by atoms with van der Waals surface area (Å²) in [6, 6.07) is 6.61. The Hall–Kier alpha value is -1.50. The van der Waals surface area contributed by atoms with E-state index in [0.29, 0.717) is 0 Å². The van der Waals surface area contributed by atoms with Crippen LogP contribution >= 0.6 is 0 Å². The maximum atomic E-state index is 3.26. The zero-order valence-electron chi connectivity index (χ0n) is 8.09. The van der Waals surface area contributed by atoms with Gasteiger partial charge in [0.25, 0.3) is 0 Å². The average molecular weight is 183 g/mol. The molecule has 1 aliphatic carbocycles. The van der Waals surface area contributed by atoms with Gasteiger partial charge in [-0.1, -0.05) is 18.2 Å². The summed E-state index contributed by atoms with van der Waals surface area (Å²) in [7, 11) is 0. The molecule has 14 heavy (non-hydrogen) atoms. The van der Waals surface area contributed by atoms with Gasteiger partial charge < -0.3 is 4.98 Å². The number of aryl methyl sites for hydroxylation is 1. The van der Waals surface area contributed by atoms with Crippen molar-refractivity contribution >= 4 is 17.0 Å². The van der Waals surface area contributed by atoms with Crippen LogP contribution in [0.1, 0.15) is 24.0 Å². The number of benzene rings is 1. The second-order valence-corrected chi connectivity index (χ2v) is 3.87. The van der Waals surface area contributed by atoms with Gasteiger partial charge in [-0.05, 0) is 42.5 Å². The fourth-order valence-electron chi connectivity index (χ4n) is 2.23.